The maximum absolute atomic E-state index is 6.23. The van der Waals surface area contributed by atoms with E-state index in [0.717, 1.165) is 43.4 Å². The Labute approximate surface area is 143 Å². The summed E-state index contributed by atoms with van der Waals surface area (Å²) in [6, 6.07) is 16.8. The van der Waals surface area contributed by atoms with Crippen molar-refractivity contribution in [1.29, 1.82) is 0 Å². The highest BCUT2D eigenvalue weighted by molar-refractivity contribution is 6.30. The molecule has 0 aliphatic carbocycles. The third-order valence-corrected chi connectivity index (χ3v) is 4.67. The molecule has 1 N–H and O–H groups in total. The SMILES string of the molecule is COc1ccccc1CC(c1cccc(Cl)c1)N1CCNCC1. The van der Waals surface area contributed by atoms with E-state index in [0.29, 0.717) is 6.04 Å². The average molecular weight is 331 g/mol. The van der Waals surface area contributed by atoms with Crippen LogP contribution in [0.5, 0.6) is 5.75 Å². The fourth-order valence-corrected chi connectivity index (χ4v) is 3.44. The van der Waals surface area contributed by atoms with Crippen molar-refractivity contribution in [3.8, 4) is 5.75 Å². The van der Waals surface area contributed by atoms with Crippen LogP contribution in [0.1, 0.15) is 17.2 Å². The van der Waals surface area contributed by atoms with E-state index in [9.17, 15) is 0 Å². The van der Waals surface area contributed by atoms with E-state index >= 15 is 0 Å². The van der Waals surface area contributed by atoms with Crippen LogP contribution in [0.25, 0.3) is 0 Å². The predicted octanol–water partition coefficient (Wildman–Crippen LogP) is 3.54. The summed E-state index contributed by atoms with van der Waals surface area (Å²) in [5.74, 6) is 0.953. The lowest BCUT2D eigenvalue weighted by Gasteiger charge is -2.35. The number of para-hydroxylation sites is 1. The summed E-state index contributed by atoms with van der Waals surface area (Å²) in [6.45, 7) is 4.16. The molecule has 2 aromatic rings. The molecule has 4 heteroatoms. The van der Waals surface area contributed by atoms with Gasteiger partial charge in [-0.15, -0.1) is 0 Å². The van der Waals surface area contributed by atoms with Crippen molar-refractivity contribution in [3.63, 3.8) is 0 Å². The van der Waals surface area contributed by atoms with Gasteiger partial charge in [0, 0.05) is 37.2 Å². The molecule has 2 aromatic carbocycles. The first-order valence-corrected chi connectivity index (χ1v) is 8.48. The Bertz CT molecular complexity index is 641. The zero-order valence-corrected chi connectivity index (χ0v) is 14.2. The molecule has 0 bridgehead atoms. The van der Waals surface area contributed by atoms with Crippen molar-refractivity contribution < 1.29 is 4.74 Å². The molecule has 1 aliphatic rings. The van der Waals surface area contributed by atoms with Crippen LogP contribution in [0, 0.1) is 0 Å². The highest BCUT2D eigenvalue weighted by Gasteiger charge is 2.23. The summed E-state index contributed by atoms with van der Waals surface area (Å²) in [7, 11) is 1.73. The summed E-state index contributed by atoms with van der Waals surface area (Å²) in [4.78, 5) is 2.54. The van der Waals surface area contributed by atoms with Crippen LogP contribution in [-0.4, -0.2) is 38.2 Å². The van der Waals surface area contributed by atoms with Gasteiger partial charge < -0.3 is 10.1 Å². The minimum Gasteiger partial charge on any atom is -0.496 e. The van der Waals surface area contributed by atoms with Gasteiger partial charge >= 0.3 is 0 Å². The zero-order chi connectivity index (χ0) is 16.1. The first-order chi connectivity index (χ1) is 11.3. The van der Waals surface area contributed by atoms with Gasteiger partial charge in [0.05, 0.1) is 7.11 Å². The number of methoxy groups -OCH3 is 1. The van der Waals surface area contributed by atoms with Crippen molar-refractivity contribution in [2.24, 2.45) is 0 Å². The van der Waals surface area contributed by atoms with Crippen molar-refractivity contribution in [2.45, 2.75) is 12.5 Å². The quantitative estimate of drug-likeness (QED) is 0.907. The van der Waals surface area contributed by atoms with E-state index in [1.807, 2.05) is 24.3 Å². The van der Waals surface area contributed by atoms with Crippen LogP contribution >= 0.6 is 11.6 Å². The molecule has 0 aromatic heterocycles. The zero-order valence-electron chi connectivity index (χ0n) is 13.5. The minimum atomic E-state index is 0.312. The van der Waals surface area contributed by atoms with E-state index in [1.54, 1.807) is 7.11 Å². The van der Waals surface area contributed by atoms with Gasteiger partial charge in [0.1, 0.15) is 5.75 Å². The standard InChI is InChI=1S/C19H23ClN2O/c1-23-19-8-3-2-5-16(19)14-18(22-11-9-21-10-12-22)15-6-4-7-17(20)13-15/h2-8,13,18,21H,9-12,14H2,1H3. The molecule has 1 saturated heterocycles. The van der Waals surface area contributed by atoms with Crippen molar-refractivity contribution >= 4 is 11.6 Å². The van der Waals surface area contributed by atoms with Crippen LogP contribution in [0.2, 0.25) is 5.02 Å². The molecular formula is C19H23ClN2O. The van der Waals surface area contributed by atoms with Crippen LogP contribution in [-0.2, 0) is 6.42 Å². The van der Waals surface area contributed by atoms with Gasteiger partial charge in [-0.2, -0.15) is 0 Å². The Morgan fingerprint density at radius 1 is 1.13 bits per heavy atom. The van der Waals surface area contributed by atoms with Crippen molar-refractivity contribution in [1.82, 2.24) is 10.2 Å². The van der Waals surface area contributed by atoms with Gasteiger partial charge in [-0.1, -0.05) is 41.9 Å². The molecule has 122 valence electrons. The second kappa shape index (κ2) is 7.82. The van der Waals surface area contributed by atoms with Crippen LogP contribution < -0.4 is 10.1 Å². The third-order valence-electron chi connectivity index (χ3n) is 4.43. The molecule has 3 nitrogen and oxygen atoms in total. The summed E-state index contributed by atoms with van der Waals surface area (Å²) in [5.41, 5.74) is 2.50. The number of benzene rings is 2. The Morgan fingerprint density at radius 3 is 2.65 bits per heavy atom. The fourth-order valence-electron chi connectivity index (χ4n) is 3.25. The molecule has 0 spiro atoms. The van der Waals surface area contributed by atoms with Gasteiger partial charge in [-0.25, -0.2) is 0 Å². The number of hydrogen-bond acceptors (Lipinski definition) is 3. The Kier molecular flexibility index (Phi) is 5.55. The second-order valence-corrected chi connectivity index (χ2v) is 6.31. The molecule has 1 atom stereocenters. The Balaban J connectivity index is 1.91. The molecule has 1 fully saturated rings. The lowest BCUT2D eigenvalue weighted by molar-refractivity contribution is 0.171. The molecule has 0 radical (unpaired) electrons. The molecule has 1 heterocycles. The lowest BCUT2D eigenvalue weighted by atomic mass is 9.96. The fraction of sp³-hybridized carbons (Fsp3) is 0.368. The molecule has 0 amide bonds. The minimum absolute atomic E-state index is 0.312. The van der Waals surface area contributed by atoms with Crippen LogP contribution in [0.15, 0.2) is 48.5 Å². The van der Waals surface area contributed by atoms with Gasteiger partial charge in [-0.3, -0.25) is 4.90 Å². The summed E-state index contributed by atoms with van der Waals surface area (Å²) < 4.78 is 5.54. The molecular weight excluding hydrogens is 308 g/mol. The van der Waals surface area contributed by atoms with Gasteiger partial charge in [0.2, 0.25) is 0 Å². The number of nitrogens with zero attached hydrogens (tertiary/aromatic N) is 1. The second-order valence-electron chi connectivity index (χ2n) is 5.87. The number of hydrogen-bond donors (Lipinski definition) is 1. The number of nitrogens with one attached hydrogen (secondary N) is 1. The van der Waals surface area contributed by atoms with E-state index in [4.69, 9.17) is 16.3 Å². The maximum atomic E-state index is 6.23. The van der Waals surface area contributed by atoms with Crippen LogP contribution in [0.4, 0.5) is 0 Å². The normalized spacial score (nSPS) is 17.0. The molecule has 23 heavy (non-hydrogen) atoms. The molecule has 0 saturated carbocycles. The third kappa shape index (κ3) is 4.05. The number of ether oxygens (including phenoxy) is 1. The Hall–Kier alpha value is -1.55. The van der Waals surface area contributed by atoms with E-state index in [1.165, 1.54) is 11.1 Å². The molecule has 1 unspecified atom stereocenters. The van der Waals surface area contributed by atoms with Gasteiger partial charge in [0.25, 0.3) is 0 Å². The first-order valence-electron chi connectivity index (χ1n) is 8.10. The highest BCUT2D eigenvalue weighted by atomic mass is 35.5. The maximum Gasteiger partial charge on any atom is 0.122 e. The molecule has 1 aliphatic heterocycles. The monoisotopic (exact) mass is 330 g/mol. The summed E-state index contributed by atoms with van der Waals surface area (Å²) in [6.07, 6.45) is 0.921. The smallest absolute Gasteiger partial charge is 0.122 e. The largest absolute Gasteiger partial charge is 0.496 e. The lowest BCUT2D eigenvalue weighted by Crippen LogP contribution is -2.45. The van der Waals surface area contributed by atoms with Crippen LogP contribution in [0.3, 0.4) is 0 Å². The Morgan fingerprint density at radius 2 is 1.91 bits per heavy atom. The van der Waals surface area contributed by atoms with E-state index in [2.05, 4.69) is 34.5 Å². The topological polar surface area (TPSA) is 24.5 Å². The van der Waals surface area contributed by atoms with Gasteiger partial charge in [0.15, 0.2) is 0 Å². The summed E-state index contributed by atoms with van der Waals surface area (Å²) in [5, 5.41) is 4.22. The van der Waals surface area contributed by atoms with E-state index < -0.39 is 0 Å². The number of piperazine rings is 1. The number of halogens is 1. The first kappa shape index (κ1) is 16.3. The van der Waals surface area contributed by atoms with E-state index in [-0.39, 0.29) is 0 Å². The summed E-state index contributed by atoms with van der Waals surface area (Å²) >= 11 is 6.23. The van der Waals surface area contributed by atoms with Crippen molar-refractivity contribution in [2.75, 3.05) is 33.3 Å². The van der Waals surface area contributed by atoms with Crippen molar-refractivity contribution in [3.05, 3.63) is 64.7 Å². The molecule has 3 rings (SSSR count). The highest BCUT2D eigenvalue weighted by Crippen LogP contribution is 2.30. The number of rotatable bonds is 5. The average Bonchev–Trinajstić information content (AvgIpc) is 2.60. The predicted molar refractivity (Wildman–Crippen MR) is 95.3 cm³/mol. The van der Waals surface area contributed by atoms with Gasteiger partial charge in [-0.05, 0) is 35.7 Å².